The van der Waals surface area contributed by atoms with Crippen LogP contribution < -0.4 is 5.32 Å². The summed E-state index contributed by atoms with van der Waals surface area (Å²) in [7, 11) is 0. The molecule has 3 atom stereocenters. The van der Waals surface area contributed by atoms with Crippen molar-refractivity contribution >= 4 is 29.1 Å². The standard InChI is InChI=1S/C30H29Cl2N3O4/c1-19(37)33-15-21-3-2-4-25(13-21)22-9-11-24(12-10-22)30-38-26(16-35-18-34-28(31)29(35)32)14-27(39-30)23-7-5-20(17-36)6-8-23/h2-13,18,26-27,30,36H,14-17H2,1H3,(H,33,37)/t26-,27+,30+/m1/s1. The van der Waals surface area contributed by atoms with E-state index >= 15 is 0 Å². The number of hydrogen-bond acceptors (Lipinski definition) is 5. The summed E-state index contributed by atoms with van der Waals surface area (Å²) < 4.78 is 14.6. The Hall–Kier alpha value is -3.20. The van der Waals surface area contributed by atoms with Crippen molar-refractivity contribution in [1.29, 1.82) is 0 Å². The second-order valence-corrected chi connectivity index (χ2v) is 10.3. The highest BCUT2D eigenvalue weighted by Crippen LogP contribution is 2.39. The number of aliphatic hydroxyl groups excluding tert-OH is 1. The second-order valence-electron chi connectivity index (χ2n) is 9.56. The fraction of sp³-hybridized carbons (Fsp3) is 0.267. The van der Waals surface area contributed by atoms with Crippen LogP contribution in [0.5, 0.6) is 0 Å². The molecule has 7 nitrogen and oxygen atoms in total. The van der Waals surface area contributed by atoms with Gasteiger partial charge in [0.2, 0.25) is 5.91 Å². The highest BCUT2D eigenvalue weighted by atomic mass is 35.5. The third-order valence-corrected chi connectivity index (χ3v) is 7.50. The van der Waals surface area contributed by atoms with Crippen molar-refractivity contribution in [3.05, 3.63) is 112 Å². The number of aromatic nitrogens is 2. The number of aliphatic hydroxyl groups is 1. The molecule has 0 bridgehead atoms. The van der Waals surface area contributed by atoms with Gasteiger partial charge in [-0.1, -0.05) is 89.9 Å². The lowest BCUT2D eigenvalue weighted by Gasteiger charge is -2.36. The van der Waals surface area contributed by atoms with Gasteiger partial charge in [-0.2, -0.15) is 0 Å². The molecule has 2 heterocycles. The molecule has 39 heavy (non-hydrogen) atoms. The monoisotopic (exact) mass is 565 g/mol. The van der Waals surface area contributed by atoms with Gasteiger partial charge in [-0.25, -0.2) is 4.98 Å². The molecule has 1 aromatic heterocycles. The molecule has 1 amide bonds. The number of benzene rings is 3. The van der Waals surface area contributed by atoms with Crippen LogP contribution in [0.25, 0.3) is 11.1 Å². The van der Waals surface area contributed by atoms with Crippen LogP contribution in [0.2, 0.25) is 10.3 Å². The molecule has 1 aliphatic rings. The molecular weight excluding hydrogens is 537 g/mol. The molecule has 202 valence electrons. The maximum atomic E-state index is 11.3. The van der Waals surface area contributed by atoms with Gasteiger partial charge in [0.05, 0.1) is 31.7 Å². The summed E-state index contributed by atoms with van der Waals surface area (Å²) in [6, 6.07) is 24.0. The lowest BCUT2D eigenvalue weighted by molar-refractivity contribution is -0.252. The van der Waals surface area contributed by atoms with E-state index in [-0.39, 0.29) is 29.9 Å². The van der Waals surface area contributed by atoms with E-state index in [9.17, 15) is 9.90 Å². The van der Waals surface area contributed by atoms with E-state index < -0.39 is 6.29 Å². The minimum atomic E-state index is -0.593. The highest BCUT2D eigenvalue weighted by molar-refractivity contribution is 6.40. The van der Waals surface area contributed by atoms with E-state index in [0.29, 0.717) is 24.7 Å². The van der Waals surface area contributed by atoms with E-state index in [1.807, 2.05) is 66.7 Å². The zero-order valence-corrected chi connectivity index (χ0v) is 22.9. The Morgan fingerprint density at radius 1 is 1.00 bits per heavy atom. The quantitative estimate of drug-likeness (QED) is 0.264. The van der Waals surface area contributed by atoms with Crippen molar-refractivity contribution in [2.45, 2.75) is 51.5 Å². The van der Waals surface area contributed by atoms with Crippen molar-refractivity contribution in [1.82, 2.24) is 14.9 Å². The predicted octanol–water partition coefficient (Wildman–Crippen LogP) is 6.23. The molecule has 0 unspecified atom stereocenters. The molecule has 9 heteroatoms. The third kappa shape index (κ3) is 6.69. The Morgan fingerprint density at radius 2 is 1.74 bits per heavy atom. The fourth-order valence-corrected chi connectivity index (χ4v) is 4.96. The molecule has 4 aromatic rings. The van der Waals surface area contributed by atoms with Crippen molar-refractivity contribution in [2.24, 2.45) is 0 Å². The van der Waals surface area contributed by atoms with Gasteiger partial charge in [0.25, 0.3) is 0 Å². The maximum Gasteiger partial charge on any atom is 0.217 e. The maximum absolute atomic E-state index is 11.3. The van der Waals surface area contributed by atoms with Crippen LogP contribution in [0.1, 0.15) is 48.0 Å². The summed E-state index contributed by atoms with van der Waals surface area (Å²) >= 11 is 12.4. The SMILES string of the molecule is CC(=O)NCc1cccc(-c2ccc([C@H]3O[C@@H](Cn4cnc(Cl)c4Cl)C[C@@H](c4ccc(CO)cc4)O3)cc2)c1. The summed E-state index contributed by atoms with van der Waals surface area (Å²) in [5.41, 5.74) is 5.88. The first kappa shape index (κ1) is 27.4. The number of halogens is 2. The van der Waals surface area contributed by atoms with Gasteiger partial charge in [0.1, 0.15) is 5.15 Å². The number of rotatable bonds is 8. The molecule has 3 aromatic carbocycles. The van der Waals surface area contributed by atoms with Crippen LogP contribution in [-0.4, -0.2) is 26.7 Å². The second kappa shape index (κ2) is 12.3. The molecule has 2 N–H and O–H groups in total. The number of carbonyl (C=O) groups excluding carboxylic acids is 1. The number of imidazole rings is 1. The number of nitrogens with zero attached hydrogens (tertiary/aromatic N) is 2. The molecule has 1 saturated heterocycles. The normalized spacial score (nSPS) is 19.1. The lowest BCUT2D eigenvalue weighted by atomic mass is 9.99. The first-order chi connectivity index (χ1) is 18.9. The number of carbonyl (C=O) groups is 1. The third-order valence-electron chi connectivity index (χ3n) is 6.73. The summed E-state index contributed by atoms with van der Waals surface area (Å²) in [6.07, 6.45) is 1.20. The van der Waals surface area contributed by atoms with Gasteiger partial charge < -0.3 is 24.5 Å². The van der Waals surface area contributed by atoms with Crippen molar-refractivity contribution in [2.75, 3.05) is 0 Å². The predicted molar refractivity (Wildman–Crippen MR) is 150 cm³/mol. The van der Waals surface area contributed by atoms with Crippen LogP contribution >= 0.6 is 23.2 Å². The molecular formula is C30H29Cl2N3O4. The summed E-state index contributed by atoms with van der Waals surface area (Å²) in [4.78, 5) is 15.4. The van der Waals surface area contributed by atoms with Crippen molar-refractivity contribution in [3.63, 3.8) is 0 Å². The van der Waals surface area contributed by atoms with Gasteiger partial charge in [-0.15, -0.1) is 0 Å². The zero-order chi connectivity index (χ0) is 27.4. The fourth-order valence-electron chi connectivity index (χ4n) is 4.64. The van der Waals surface area contributed by atoms with Crippen LogP contribution in [0.4, 0.5) is 0 Å². The Balaban J connectivity index is 1.37. The van der Waals surface area contributed by atoms with Gasteiger partial charge in [-0.05, 0) is 33.9 Å². The number of ether oxygens (including phenoxy) is 2. The van der Waals surface area contributed by atoms with E-state index in [1.54, 1.807) is 10.9 Å². The van der Waals surface area contributed by atoms with Crippen LogP contribution in [0.15, 0.2) is 79.1 Å². The van der Waals surface area contributed by atoms with Crippen LogP contribution in [-0.2, 0) is 34.0 Å². The number of amides is 1. The van der Waals surface area contributed by atoms with E-state index in [2.05, 4.69) is 16.4 Å². The lowest BCUT2D eigenvalue weighted by Crippen LogP contribution is -2.32. The van der Waals surface area contributed by atoms with Crippen LogP contribution in [0.3, 0.4) is 0 Å². The smallest absolute Gasteiger partial charge is 0.217 e. The molecule has 1 aliphatic heterocycles. The Kier molecular flexibility index (Phi) is 8.65. The summed E-state index contributed by atoms with van der Waals surface area (Å²) in [6.45, 7) is 2.46. The topological polar surface area (TPSA) is 85.6 Å². The Morgan fingerprint density at radius 3 is 2.41 bits per heavy atom. The number of nitrogens with one attached hydrogen (secondary N) is 1. The molecule has 0 spiro atoms. The summed E-state index contributed by atoms with van der Waals surface area (Å²) in [5, 5.41) is 12.9. The molecule has 0 aliphatic carbocycles. The zero-order valence-electron chi connectivity index (χ0n) is 21.4. The van der Waals surface area contributed by atoms with Crippen molar-refractivity contribution < 1.29 is 19.4 Å². The van der Waals surface area contributed by atoms with E-state index in [4.69, 9.17) is 32.7 Å². The highest BCUT2D eigenvalue weighted by Gasteiger charge is 2.33. The van der Waals surface area contributed by atoms with Gasteiger partial charge >= 0.3 is 0 Å². The molecule has 5 rings (SSSR count). The van der Waals surface area contributed by atoms with Gasteiger partial charge in [0.15, 0.2) is 11.4 Å². The molecule has 0 saturated carbocycles. The molecule has 1 fully saturated rings. The average molecular weight is 566 g/mol. The minimum Gasteiger partial charge on any atom is -0.392 e. The minimum absolute atomic E-state index is 0.0114. The first-order valence-electron chi connectivity index (χ1n) is 12.7. The van der Waals surface area contributed by atoms with E-state index in [0.717, 1.165) is 33.4 Å². The largest absolute Gasteiger partial charge is 0.392 e. The first-order valence-corrected chi connectivity index (χ1v) is 13.5. The van der Waals surface area contributed by atoms with Gasteiger partial charge in [-0.3, -0.25) is 4.79 Å². The number of hydrogen-bond donors (Lipinski definition) is 2. The summed E-state index contributed by atoms with van der Waals surface area (Å²) in [5.74, 6) is -0.0587. The Labute approximate surface area is 237 Å². The van der Waals surface area contributed by atoms with Gasteiger partial charge in [0, 0.05) is 25.5 Å². The Bertz CT molecular complexity index is 1420. The van der Waals surface area contributed by atoms with Crippen LogP contribution in [0, 0.1) is 0 Å². The average Bonchev–Trinajstić information content (AvgIpc) is 3.28. The molecule has 0 radical (unpaired) electrons. The van der Waals surface area contributed by atoms with Crippen molar-refractivity contribution in [3.8, 4) is 11.1 Å². The van der Waals surface area contributed by atoms with E-state index in [1.165, 1.54) is 6.92 Å².